The molecule has 22 heavy (non-hydrogen) atoms. The molecule has 1 heterocycles. The van der Waals surface area contributed by atoms with Gasteiger partial charge in [0, 0.05) is 16.9 Å². The summed E-state index contributed by atoms with van der Waals surface area (Å²) in [5, 5.41) is 5.13. The SMILES string of the molecule is COc1ccc(OC)c(NC(N)=NCC(C)c2cccs2)c1. The summed E-state index contributed by atoms with van der Waals surface area (Å²) >= 11 is 1.73. The number of rotatable bonds is 6. The van der Waals surface area contributed by atoms with Crippen molar-refractivity contribution in [3.8, 4) is 11.5 Å². The second-order valence-electron chi connectivity index (χ2n) is 4.83. The largest absolute Gasteiger partial charge is 0.497 e. The maximum Gasteiger partial charge on any atom is 0.193 e. The molecule has 1 aromatic carbocycles. The summed E-state index contributed by atoms with van der Waals surface area (Å²) in [4.78, 5) is 5.70. The van der Waals surface area contributed by atoms with Crippen LogP contribution in [0, 0.1) is 0 Å². The summed E-state index contributed by atoms with van der Waals surface area (Å²) in [6.45, 7) is 2.76. The van der Waals surface area contributed by atoms with Crippen molar-refractivity contribution in [2.24, 2.45) is 10.7 Å². The smallest absolute Gasteiger partial charge is 0.193 e. The minimum absolute atomic E-state index is 0.340. The zero-order valence-electron chi connectivity index (χ0n) is 13.0. The fourth-order valence-corrected chi connectivity index (χ4v) is 2.76. The average Bonchev–Trinajstić information content (AvgIpc) is 3.07. The Morgan fingerprint density at radius 1 is 1.32 bits per heavy atom. The standard InChI is InChI=1S/C16H21N3O2S/c1-11(15-5-4-8-22-15)10-18-16(17)19-13-9-12(20-2)6-7-14(13)21-3/h4-9,11H,10H2,1-3H3,(H3,17,18,19). The highest BCUT2D eigenvalue weighted by atomic mass is 32.1. The van der Waals surface area contributed by atoms with E-state index in [0.29, 0.717) is 24.2 Å². The first-order chi connectivity index (χ1) is 10.6. The first-order valence-electron chi connectivity index (χ1n) is 6.96. The Labute approximate surface area is 134 Å². The minimum atomic E-state index is 0.340. The number of nitrogens with one attached hydrogen (secondary N) is 1. The molecular weight excluding hydrogens is 298 g/mol. The lowest BCUT2D eigenvalue weighted by molar-refractivity contribution is 0.405. The molecule has 0 amide bonds. The summed E-state index contributed by atoms with van der Waals surface area (Å²) in [5.41, 5.74) is 6.70. The number of methoxy groups -OCH3 is 2. The van der Waals surface area contributed by atoms with Gasteiger partial charge in [-0.25, -0.2) is 0 Å². The lowest BCUT2D eigenvalue weighted by Crippen LogP contribution is -2.23. The van der Waals surface area contributed by atoms with E-state index in [9.17, 15) is 0 Å². The highest BCUT2D eigenvalue weighted by Gasteiger charge is 2.08. The lowest BCUT2D eigenvalue weighted by atomic mass is 10.1. The molecule has 5 nitrogen and oxygen atoms in total. The summed E-state index contributed by atoms with van der Waals surface area (Å²) in [5.74, 6) is 2.11. The number of anilines is 1. The van der Waals surface area contributed by atoms with E-state index in [1.54, 1.807) is 25.6 Å². The maximum atomic E-state index is 5.97. The van der Waals surface area contributed by atoms with Gasteiger partial charge in [0.1, 0.15) is 11.5 Å². The molecule has 118 valence electrons. The number of aliphatic imine (C=N–C) groups is 1. The van der Waals surface area contributed by atoms with Crippen LogP contribution in [0.4, 0.5) is 5.69 Å². The third-order valence-corrected chi connectivity index (χ3v) is 4.34. The number of ether oxygens (including phenoxy) is 2. The topological polar surface area (TPSA) is 68.9 Å². The van der Waals surface area contributed by atoms with Crippen LogP contribution in [0.2, 0.25) is 0 Å². The quantitative estimate of drug-likeness (QED) is 0.633. The molecule has 0 saturated heterocycles. The van der Waals surface area contributed by atoms with Crippen molar-refractivity contribution in [3.05, 3.63) is 40.6 Å². The van der Waals surface area contributed by atoms with Crippen molar-refractivity contribution in [2.45, 2.75) is 12.8 Å². The predicted molar refractivity (Wildman–Crippen MR) is 92.4 cm³/mol. The van der Waals surface area contributed by atoms with Crippen LogP contribution >= 0.6 is 11.3 Å². The fraction of sp³-hybridized carbons (Fsp3) is 0.312. The molecular formula is C16H21N3O2S. The number of thiophene rings is 1. The zero-order chi connectivity index (χ0) is 15.9. The van der Waals surface area contributed by atoms with Gasteiger partial charge in [-0.05, 0) is 23.6 Å². The highest BCUT2D eigenvalue weighted by molar-refractivity contribution is 7.10. The normalized spacial score (nSPS) is 12.8. The van der Waals surface area contributed by atoms with Gasteiger partial charge in [0.15, 0.2) is 5.96 Å². The van der Waals surface area contributed by atoms with Crippen molar-refractivity contribution in [1.29, 1.82) is 0 Å². The Balaban J connectivity index is 2.04. The second-order valence-corrected chi connectivity index (χ2v) is 5.81. The van der Waals surface area contributed by atoms with E-state index in [1.807, 2.05) is 24.3 Å². The van der Waals surface area contributed by atoms with Crippen molar-refractivity contribution >= 4 is 23.0 Å². The first kappa shape index (κ1) is 16.2. The molecule has 0 aliphatic carbocycles. The lowest BCUT2D eigenvalue weighted by Gasteiger charge is -2.13. The van der Waals surface area contributed by atoms with Crippen molar-refractivity contribution in [2.75, 3.05) is 26.1 Å². The molecule has 1 aromatic heterocycles. The maximum absolute atomic E-state index is 5.97. The van der Waals surface area contributed by atoms with Crippen LogP contribution < -0.4 is 20.5 Å². The molecule has 6 heteroatoms. The summed E-state index contributed by atoms with van der Waals surface area (Å²) in [7, 11) is 3.23. The number of guanidine groups is 1. The van der Waals surface area contributed by atoms with Crippen LogP contribution in [0.3, 0.4) is 0 Å². The molecule has 0 aliphatic rings. The number of hydrogen-bond acceptors (Lipinski definition) is 4. The van der Waals surface area contributed by atoms with Gasteiger partial charge >= 0.3 is 0 Å². The Bertz CT molecular complexity index is 626. The first-order valence-corrected chi connectivity index (χ1v) is 7.84. The summed E-state index contributed by atoms with van der Waals surface area (Å²) in [6.07, 6.45) is 0. The van der Waals surface area contributed by atoms with Gasteiger partial charge in [0.25, 0.3) is 0 Å². The van der Waals surface area contributed by atoms with Crippen LogP contribution in [0.5, 0.6) is 11.5 Å². The number of nitrogens with zero attached hydrogens (tertiary/aromatic N) is 1. The van der Waals surface area contributed by atoms with Gasteiger partial charge in [0.2, 0.25) is 0 Å². The Morgan fingerprint density at radius 2 is 2.14 bits per heavy atom. The highest BCUT2D eigenvalue weighted by Crippen LogP contribution is 2.28. The molecule has 1 atom stereocenters. The zero-order valence-corrected chi connectivity index (χ0v) is 13.8. The van der Waals surface area contributed by atoms with E-state index in [1.165, 1.54) is 4.88 Å². The van der Waals surface area contributed by atoms with E-state index in [0.717, 1.165) is 11.4 Å². The predicted octanol–water partition coefficient (Wildman–Crippen LogP) is 3.30. The van der Waals surface area contributed by atoms with Gasteiger partial charge in [0.05, 0.1) is 26.5 Å². The van der Waals surface area contributed by atoms with E-state index in [-0.39, 0.29) is 0 Å². The molecule has 2 aromatic rings. The van der Waals surface area contributed by atoms with E-state index >= 15 is 0 Å². The molecule has 0 saturated carbocycles. The Hall–Kier alpha value is -2.21. The third kappa shape index (κ3) is 4.14. The third-order valence-electron chi connectivity index (χ3n) is 3.23. The molecule has 0 spiro atoms. The molecule has 0 aliphatic heterocycles. The number of benzene rings is 1. The van der Waals surface area contributed by atoms with Crippen molar-refractivity contribution in [3.63, 3.8) is 0 Å². The van der Waals surface area contributed by atoms with Gasteiger partial charge in [-0.15, -0.1) is 11.3 Å². The molecule has 2 rings (SSSR count). The van der Waals surface area contributed by atoms with E-state index in [4.69, 9.17) is 15.2 Å². The molecule has 0 fully saturated rings. The van der Waals surface area contributed by atoms with Gasteiger partial charge in [-0.3, -0.25) is 4.99 Å². The average molecular weight is 319 g/mol. The Kier molecular flexibility index (Phi) is 5.66. The van der Waals surface area contributed by atoms with E-state index < -0.39 is 0 Å². The van der Waals surface area contributed by atoms with Crippen LogP contribution in [0.1, 0.15) is 17.7 Å². The summed E-state index contributed by atoms with van der Waals surface area (Å²) < 4.78 is 10.5. The Morgan fingerprint density at radius 3 is 2.77 bits per heavy atom. The second kappa shape index (κ2) is 7.70. The number of nitrogens with two attached hydrogens (primary N) is 1. The summed E-state index contributed by atoms with van der Waals surface area (Å²) in [6, 6.07) is 9.63. The molecule has 3 N–H and O–H groups in total. The van der Waals surface area contributed by atoms with Gasteiger partial charge < -0.3 is 20.5 Å². The van der Waals surface area contributed by atoms with Crippen molar-refractivity contribution in [1.82, 2.24) is 0 Å². The molecule has 0 radical (unpaired) electrons. The van der Waals surface area contributed by atoms with Crippen LogP contribution in [-0.4, -0.2) is 26.7 Å². The van der Waals surface area contributed by atoms with Gasteiger partial charge in [-0.1, -0.05) is 13.0 Å². The van der Waals surface area contributed by atoms with Crippen molar-refractivity contribution < 1.29 is 9.47 Å². The molecule has 1 unspecified atom stereocenters. The van der Waals surface area contributed by atoms with Crippen LogP contribution in [0.25, 0.3) is 0 Å². The van der Waals surface area contributed by atoms with Crippen LogP contribution in [0.15, 0.2) is 40.7 Å². The minimum Gasteiger partial charge on any atom is -0.497 e. The van der Waals surface area contributed by atoms with Gasteiger partial charge in [-0.2, -0.15) is 0 Å². The fourth-order valence-electron chi connectivity index (χ4n) is 1.99. The number of hydrogen-bond donors (Lipinski definition) is 2. The monoisotopic (exact) mass is 319 g/mol. The van der Waals surface area contributed by atoms with E-state index in [2.05, 4.69) is 28.7 Å². The van der Waals surface area contributed by atoms with Crippen LogP contribution in [-0.2, 0) is 0 Å². The molecule has 0 bridgehead atoms.